The first-order valence-electron chi connectivity index (χ1n) is 5.74. The summed E-state index contributed by atoms with van der Waals surface area (Å²) in [5, 5.41) is 16.5. The Hall–Kier alpha value is -2.43. The zero-order chi connectivity index (χ0) is 12.4. The van der Waals surface area contributed by atoms with Gasteiger partial charge in [0.2, 0.25) is 0 Å². The molecule has 0 aliphatic rings. The number of hydrogen-bond acceptors (Lipinski definition) is 4. The van der Waals surface area contributed by atoms with E-state index in [-0.39, 0.29) is 0 Å². The Kier molecular flexibility index (Phi) is 2.64. The molecule has 0 fully saturated rings. The lowest BCUT2D eigenvalue weighted by Gasteiger charge is -2.00. The Bertz CT molecular complexity index is 677. The average molecular weight is 240 g/mol. The largest absolute Gasteiger partial charge is 0.508 e. The molecule has 2 aromatic heterocycles. The molecule has 0 unspecified atom stereocenters. The first kappa shape index (κ1) is 10.7. The highest BCUT2D eigenvalue weighted by atomic mass is 16.3. The molecule has 2 N–H and O–H groups in total. The summed E-state index contributed by atoms with van der Waals surface area (Å²) in [7, 11) is 0. The standard InChI is InChI=1S/C13H12N4O/c18-10-3-1-2-9(6-10)4-5-11-13-12(17-16-11)7-14-8-15-13/h1-3,6-8,18H,4-5H2,(H,16,17). The van der Waals surface area contributed by atoms with Crippen molar-refractivity contribution >= 4 is 11.0 Å². The van der Waals surface area contributed by atoms with Crippen LogP contribution in [0.25, 0.3) is 11.0 Å². The zero-order valence-electron chi connectivity index (χ0n) is 9.67. The van der Waals surface area contributed by atoms with E-state index in [0.717, 1.165) is 35.1 Å². The molecule has 90 valence electrons. The second-order valence-electron chi connectivity index (χ2n) is 4.13. The fourth-order valence-corrected chi connectivity index (χ4v) is 1.97. The summed E-state index contributed by atoms with van der Waals surface area (Å²) in [6, 6.07) is 7.28. The molecule has 1 aromatic carbocycles. The summed E-state index contributed by atoms with van der Waals surface area (Å²) in [6.45, 7) is 0. The summed E-state index contributed by atoms with van der Waals surface area (Å²) in [4.78, 5) is 8.15. The second kappa shape index (κ2) is 4.44. The van der Waals surface area contributed by atoms with Crippen molar-refractivity contribution in [2.24, 2.45) is 0 Å². The number of nitrogens with one attached hydrogen (secondary N) is 1. The van der Waals surface area contributed by atoms with Gasteiger partial charge in [-0.1, -0.05) is 12.1 Å². The summed E-state index contributed by atoms with van der Waals surface area (Å²) < 4.78 is 0. The molecule has 0 aliphatic carbocycles. The van der Waals surface area contributed by atoms with Crippen LogP contribution in [0.5, 0.6) is 5.75 Å². The predicted octanol–water partition coefficient (Wildman–Crippen LogP) is 1.84. The van der Waals surface area contributed by atoms with Crippen molar-refractivity contribution < 1.29 is 5.11 Å². The Labute approximate surface area is 104 Å². The molecule has 18 heavy (non-hydrogen) atoms. The van der Waals surface area contributed by atoms with Crippen molar-refractivity contribution in [1.29, 1.82) is 0 Å². The van der Waals surface area contributed by atoms with E-state index in [1.165, 1.54) is 6.33 Å². The molecular formula is C13H12N4O. The third kappa shape index (κ3) is 2.02. The van der Waals surface area contributed by atoms with Crippen LogP contribution < -0.4 is 0 Å². The summed E-state index contributed by atoms with van der Waals surface area (Å²) in [6.07, 6.45) is 4.85. The molecular weight excluding hydrogens is 228 g/mol. The van der Waals surface area contributed by atoms with E-state index in [9.17, 15) is 5.11 Å². The van der Waals surface area contributed by atoms with Gasteiger partial charge in [0.05, 0.1) is 11.9 Å². The molecule has 0 saturated heterocycles. The number of hydrogen-bond donors (Lipinski definition) is 2. The quantitative estimate of drug-likeness (QED) is 0.732. The number of aromatic hydroxyl groups is 1. The predicted molar refractivity (Wildman–Crippen MR) is 67.2 cm³/mol. The van der Waals surface area contributed by atoms with Crippen molar-refractivity contribution in [3.63, 3.8) is 0 Å². The van der Waals surface area contributed by atoms with Gasteiger partial charge in [0, 0.05) is 0 Å². The second-order valence-corrected chi connectivity index (χ2v) is 4.13. The molecule has 2 heterocycles. The summed E-state index contributed by atoms with van der Waals surface area (Å²) >= 11 is 0. The minimum Gasteiger partial charge on any atom is -0.508 e. The number of aryl methyl sites for hydroxylation is 2. The van der Waals surface area contributed by atoms with Gasteiger partial charge in [0.15, 0.2) is 0 Å². The molecule has 5 heteroatoms. The van der Waals surface area contributed by atoms with Crippen LogP contribution in [0.3, 0.4) is 0 Å². The number of benzene rings is 1. The number of phenolic OH excluding ortho intramolecular Hbond substituents is 1. The van der Waals surface area contributed by atoms with Crippen LogP contribution in [-0.4, -0.2) is 25.3 Å². The number of phenols is 1. The molecule has 5 nitrogen and oxygen atoms in total. The highest BCUT2D eigenvalue weighted by Crippen LogP contribution is 2.16. The van der Waals surface area contributed by atoms with Gasteiger partial charge in [0.25, 0.3) is 0 Å². The SMILES string of the molecule is Oc1cccc(CCc2[nH]nc3cncnc23)c1. The topological polar surface area (TPSA) is 74.7 Å². The number of aromatic amines is 1. The molecule has 0 spiro atoms. The van der Waals surface area contributed by atoms with E-state index in [2.05, 4.69) is 20.2 Å². The van der Waals surface area contributed by atoms with Gasteiger partial charge in [-0.05, 0) is 30.5 Å². The Balaban J connectivity index is 1.81. The summed E-state index contributed by atoms with van der Waals surface area (Å²) in [5.74, 6) is 0.296. The van der Waals surface area contributed by atoms with Gasteiger partial charge in [-0.2, -0.15) is 5.10 Å². The van der Waals surface area contributed by atoms with Crippen LogP contribution in [0.1, 0.15) is 11.3 Å². The van der Waals surface area contributed by atoms with Crippen LogP contribution in [0, 0.1) is 0 Å². The highest BCUT2D eigenvalue weighted by Gasteiger charge is 2.06. The lowest BCUT2D eigenvalue weighted by molar-refractivity contribution is 0.474. The minimum absolute atomic E-state index is 0.296. The molecule has 3 aromatic rings. The average Bonchev–Trinajstić information content (AvgIpc) is 2.80. The van der Waals surface area contributed by atoms with Crippen LogP contribution >= 0.6 is 0 Å². The molecule has 0 bridgehead atoms. The normalized spacial score (nSPS) is 10.9. The van der Waals surface area contributed by atoms with Gasteiger partial charge in [-0.3, -0.25) is 5.10 Å². The van der Waals surface area contributed by atoms with Crippen LogP contribution in [0.15, 0.2) is 36.8 Å². The number of rotatable bonds is 3. The third-order valence-corrected chi connectivity index (χ3v) is 2.86. The Morgan fingerprint density at radius 3 is 3.06 bits per heavy atom. The molecule has 0 aliphatic heterocycles. The van der Waals surface area contributed by atoms with Gasteiger partial charge >= 0.3 is 0 Å². The first-order chi connectivity index (χ1) is 8.83. The van der Waals surface area contributed by atoms with Crippen LogP contribution in [0.4, 0.5) is 0 Å². The highest BCUT2D eigenvalue weighted by molar-refractivity contribution is 5.75. The van der Waals surface area contributed by atoms with Crippen molar-refractivity contribution in [1.82, 2.24) is 20.2 Å². The third-order valence-electron chi connectivity index (χ3n) is 2.86. The molecule has 0 amide bonds. The minimum atomic E-state index is 0.296. The Morgan fingerprint density at radius 1 is 1.22 bits per heavy atom. The van der Waals surface area contributed by atoms with Gasteiger partial charge < -0.3 is 5.11 Å². The van der Waals surface area contributed by atoms with Gasteiger partial charge in [0.1, 0.15) is 23.1 Å². The maximum atomic E-state index is 9.40. The van der Waals surface area contributed by atoms with E-state index in [1.807, 2.05) is 12.1 Å². The molecule has 0 atom stereocenters. The molecule has 0 radical (unpaired) electrons. The fourth-order valence-electron chi connectivity index (χ4n) is 1.97. The van der Waals surface area contributed by atoms with E-state index >= 15 is 0 Å². The van der Waals surface area contributed by atoms with Gasteiger partial charge in [-0.25, -0.2) is 9.97 Å². The number of H-pyrrole nitrogens is 1. The number of aromatic nitrogens is 4. The van der Waals surface area contributed by atoms with E-state index in [1.54, 1.807) is 18.3 Å². The zero-order valence-corrected chi connectivity index (χ0v) is 9.67. The van der Waals surface area contributed by atoms with Crippen LogP contribution in [-0.2, 0) is 12.8 Å². The lowest BCUT2D eigenvalue weighted by atomic mass is 10.1. The van der Waals surface area contributed by atoms with Crippen LogP contribution in [0.2, 0.25) is 0 Å². The lowest BCUT2D eigenvalue weighted by Crippen LogP contribution is -1.93. The van der Waals surface area contributed by atoms with Gasteiger partial charge in [-0.15, -0.1) is 0 Å². The van der Waals surface area contributed by atoms with E-state index in [0.29, 0.717) is 5.75 Å². The maximum Gasteiger partial charge on any atom is 0.129 e. The molecule has 3 rings (SSSR count). The van der Waals surface area contributed by atoms with Crippen molar-refractivity contribution in [2.45, 2.75) is 12.8 Å². The van der Waals surface area contributed by atoms with Crippen molar-refractivity contribution in [3.05, 3.63) is 48.0 Å². The summed E-state index contributed by atoms with van der Waals surface area (Å²) in [5.41, 5.74) is 3.73. The first-order valence-corrected chi connectivity index (χ1v) is 5.74. The van der Waals surface area contributed by atoms with Crippen molar-refractivity contribution in [2.75, 3.05) is 0 Å². The van der Waals surface area contributed by atoms with Crippen molar-refractivity contribution in [3.8, 4) is 5.75 Å². The molecule has 0 saturated carbocycles. The Morgan fingerprint density at radius 2 is 2.17 bits per heavy atom. The fraction of sp³-hybridized carbons (Fsp3) is 0.154. The monoisotopic (exact) mass is 240 g/mol. The smallest absolute Gasteiger partial charge is 0.129 e. The maximum absolute atomic E-state index is 9.40. The van der Waals surface area contributed by atoms with E-state index < -0.39 is 0 Å². The number of fused-ring (bicyclic) bond motifs is 1. The number of nitrogens with zero attached hydrogens (tertiary/aromatic N) is 3. The van der Waals surface area contributed by atoms with E-state index in [4.69, 9.17) is 0 Å².